The van der Waals surface area contributed by atoms with Crippen LogP contribution in [0.15, 0.2) is 79.4 Å². The zero-order valence-electron chi connectivity index (χ0n) is 16.4. The molecule has 1 amide bonds. The summed E-state index contributed by atoms with van der Waals surface area (Å²) in [4.78, 5) is 28.4. The first kappa shape index (κ1) is 19.3. The molecule has 1 heterocycles. The number of aromatic nitrogens is 3. The molecule has 0 aliphatic rings. The van der Waals surface area contributed by atoms with Gasteiger partial charge in [0.05, 0.1) is 17.3 Å². The maximum absolute atomic E-state index is 12.3. The first-order valence-corrected chi connectivity index (χ1v) is 9.51. The molecule has 0 radical (unpaired) electrons. The standard InChI is InChI=1S/C23H20N4O3/c1-16(20-8-4-6-17-5-2-3-7-21(17)20)26-22(28)13-30-23(29)18-9-11-19(12-10-18)27-15-24-14-25-27/h2-12,14-16H,13H2,1H3,(H,26,28)/t16-/m0/s1. The number of rotatable bonds is 6. The summed E-state index contributed by atoms with van der Waals surface area (Å²) in [6.07, 6.45) is 2.99. The van der Waals surface area contributed by atoms with E-state index in [1.54, 1.807) is 35.3 Å². The molecule has 0 saturated heterocycles. The smallest absolute Gasteiger partial charge is 0.338 e. The molecule has 0 fully saturated rings. The Morgan fingerprint density at radius 1 is 1.03 bits per heavy atom. The second kappa shape index (κ2) is 8.57. The topological polar surface area (TPSA) is 86.1 Å². The quantitative estimate of drug-likeness (QED) is 0.501. The van der Waals surface area contributed by atoms with Crippen molar-refractivity contribution in [3.05, 3.63) is 90.5 Å². The summed E-state index contributed by atoms with van der Waals surface area (Å²) in [5.74, 6) is -0.920. The van der Waals surface area contributed by atoms with Gasteiger partial charge in [-0.3, -0.25) is 4.79 Å². The van der Waals surface area contributed by atoms with Crippen molar-refractivity contribution in [2.45, 2.75) is 13.0 Å². The Labute approximate surface area is 173 Å². The zero-order valence-corrected chi connectivity index (χ0v) is 16.4. The van der Waals surface area contributed by atoms with Gasteiger partial charge in [0, 0.05) is 0 Å². The largest absolute Gasteiger partial charge is 0.452 e. The Morgan fingerprint density at radius 2 is 1.80 bits per heavy atom. The molecule has 0 bridgehead atoms. The average molecular weight is 400 g/mol. The van der Waals surface area contributed by atoms with Crippen molar-refractivity contribution in [1.29, 1.82) is 0 Å². The fourth-order valence-corrected chi connectivity index (χ4v) is 3.30. The van der Waals surface area contributed by atoms with Crippen molar-refractivity contribution in [3.63, 3.8) is 0 Å². The number of nitrogens with zero attached hydrogens (tertiary/aromatic N) is 3. The second-order valence-corrected chi connectivity index (χ2v) is 6.82. The highest BCUT2D eigenvalue weighted by atomic mass is 16.5. The predicted molar refractivity (Wildman–Crippen MR) is 112 cm³/mol. The Morgan fingerprint density at radius 3 is 2.57 bits per heavy atom. The van der Waals surface area contributed by atoms with E-state index in [1.807, 2.05) is 49.4 Å². The van der Waals surface area contributed by atoms with E-state index in [9.17, 15) is 9.59 Å². The lowest BCUT2D eigenvalue weighted by molar-refractivity contribution is -0.124. The minimum Gasteiger partial charge on any atom is -0.452 e. The Bertz CT molecular complexity index is 1170. The van der Waals surface area contributed by atoms with E-state index in [0.717, 1.165) is 22.0 Å². The molecule has 150 valence electrons. The first-order chi connectivity index (χ1) is 14.6. The summed E-state index contributed by atoms with van der Waals surface area (Å²) >= 11 is 0. The second-order valence-electron chi connectivity index (χ2n) is 6.82. The third-order valence-corrected chi connectivity index (χ3v) is 4.79. The molecular weight excluding hydrogens is 380 g/mol. The number of carbonyl (C=O) groups is 2. The van der Waals surface area contributed by atoms with Crippen LogP contribution in [0.25, 0.3) is 16.5 Å². The summed E-state index contributed by atoms with van der Waals surface area (Å²) in [7, 11) is 0. The predicted octanol–water partition coefficient (Wildman–Crippen LogP) is 3.45. The van der Waals surface area contributed by atoms with Gasteiger partial charge in [-0.1, -0.05) is 42.5 Å². The van der Waals surface area contributed by atoms with Crippen LogP contribution >= 0.6 is 0 Å². The summed E-state index contributed by atoms with van der Waals surface area (Å²) in [6, 6.07) is 20.5. The number of carbonyl (C=O) groups excluding carboxylic acids is 2. The number of hydrogen-bond acceptors (Lipinski definition) is 5. The zero-order chi connectivity index (χ0) is 20.9. The number of hydrogen-bond donors (Lipinski definition) is 1. The van der Waals surface area contributed by atoms with E-state index in [1.165, 1.54) is 6.33 Å². The van der Waals surface area contributed by atoms with Gasteiger partial charge in [-0.2, -0.15) is 5.10 Å². The van der Waals surface area contributed by atoms with Crippen LogP contribution in [0.4, 0.5) is 0 Å². The van der Waals surface area contributed by atoms with Crippen molar-refractivity contribution in [2.24, 2.45) is 0 Å². The molecule has 7 heteroatoms. The monoisotopic (exact) mass is 400 g/mol. The molecule has 0 aliphatic heterocycles. The third-order valence-electron chi connectivity index (χ3n) is 4.79. The van der Waals surface area contributed by atoms with E-state index >= 15 is 0 Å². The maximum atomic E-state index is 12.3. The van der Waals surface area contributed by atoms with E-state index < -0.39 is 5.97 Å². The van der Waals surface area contributed by atoms with Crippen molar-refractivity contribution in [3.8, 4) is 5.69 Å². The van der Waals surface area contributed by atoms with Crippen LogP contribution in [-0.2, 0) is 9.53 Å². The van der Waals surface area contributed by atoms with Gasteiger partial charge >= 0.3 is 5.97 Å². The van der Waals surface area contributed by atoms with Gasteiger partial charge in [-0.25, -0.2) is 14.5 Å². The van der Waals surface area contributed by atoms with Gasteiger partial charge in [0.15, 0.2) is 6.61 Å². The molecule has 1 N–H and O–H groups in total. The fourth-order valence-electron chi connectivity index (χ4n) is 3.30. The number of ether oxygens (including phenoxy) is 1. The summed E-state index contributed by atoms with van der Waals surface area (Å²) in [5, 5.41) is 9.11. The molecule has 4 aromatic rings. The maximum Gasteiger partial charge on any atom is 0.338 e. The highest BCUT2D eigenvalue weighted by molar-refractivity contribution is 5.92. The molecule has 0 saturated carbocycles. The average Bonchev–Trinajstić information content (AvgIpc) is 3.32. The molecule has 0 aliphatic carbocycles. The van der Waals surface area contributed by atoms with Crippen molar-refractivity contribution in [2.75, 3.05) is 6.61 Å². The minimum atomic E-state index is -0.562. The van der Waals surface area contributed by atoms with Gasteiger partial charge in [0.2, 0.25) is 0 Å². The summed E-state index contributed by atoms with van der Waals surface area (Å²) in [5.41, 5.74) is 2.14. The van der Waals surface area contributed by atoms with Crippen molar-refractivity contribution in [1.82, 2.24) is 20.1 Å². The lowest BCUT2D eigenvalue weighted by Crippen LogP contribution is -2.31. The molecule has 0 spiro atoms. The lowest BCUT2D eigenvalue weighted by atomic mass is 10.00. The van der Waals surface area contributed by atoms with Crippen LogP contribution in [-0.4, -0.2) is 33.2 Å². The fraction of sp³-hybridized carbons (Fsp3) is 0.130. The van der Waals surface area contributed by atoms with Gasteiger partial charge in [-0.15, -0.1) is 0 Å². The SMILES string of the molecule is C[C@H](NC(=O)COC(=O)c1ccc(-n2cncn2)cc1)c1cccc2ccccc12. The molecule has 1 atom stereocenters. The number of amides is 1. The first-order valence-electron chi connectivity index (χ1n) is 9.51. The Hall–Kier alpha value is -4.00. The number of nitrogens with one attached hydrogen (secondary N) is 1. The molecule has 7 nitrogen and oxygen atoms in total. The van der Waals surface area contributed by atoms with Crippen molar-refractivity contribution >= 4 is 22.6 Å². The highest BCUT2D eigenvalue weighted by Crippen LogP contribution is 2.24. The highest BCUT2D eigenvalue weighted by Gasteiger charge is 2.15. The molecular formula is C23H20N4O3. The van der Waals surface area contributed by atoms with Gasteiger partial charge in [-0.05, 0) is 47.5 Å². The van der Waals surface area contributed by atoms with E-state index in [2.05, 4.69) is 15.4 Å². The Balaban J connectivity index is 1.34. The van der Waals surface area contributed by atoms with Gasteiger partial charge in [0.25, 0.3) is 5.91 Å². The van der Waals surface area contributed by atoms with E-state index in [0.29, 0.717) is 5.56 Å². The van der Waals surface area contributed by atoms with Gasteiger partial charge in [0.1, 0.15) is 12.7 Å². The van der Waals surface area contributed by atoms with Crippen LogP contribution in [0.5, 0.6) is 0 Å². The van der Waals surface area contributed by atoms with Crippen LogP contribution in [0.3, 0.4) is 0 Å². The third kappa shape index (κ3) is 4.20. The summed E-state index contributed by atoms with van der Waals surface area (Å²) < 4.78 is 6.74. The van der Waals surface area contributed by atoms with E-state index in [-0.39, 0.29) is 18.6 Å². The normalized spacial score (nSPS) is 11.8. The number of fused-ring (bicyclic) bond motifs is 1. The van der Waals surface area contributed by atoms with E-state index in [4.69, 9.17) is 4.74 Å². The minimum absolute atomic E-state index is 0.218. The Kier molecular flexibility index (Phi) is 5.52. The molecule has 4 rings (SSSR count). The van der Waals surface area contributed by atoms with Gasteiger partial charge < -0.3 is 10.1 Å². The van der Waals surface area contributed by atoms with Crippen LogP contribution in [0.2, 0.25) is 0 Å². The lowest BCUT2D eigenvalue weighted by Gasteiger charge is -2.16. The number of benzene rings is 3. The van der Waals surface area contributed by atoms with Crippen LogP contribution < -0.4 is 5.32 Å². The summed E-state index contributed by atoms with van der Waals surface area (Å²) in [6.45, 7) is 1.56. The van der Waals surface area contributed by atoms with Crippen LogP contribution in [0, 0.1) is 0 Å². The molecule has 0 unspecified atom stereocenters. The van der Waals surface area contributed by atoms with Crippen molar-refractivity contribution < 1.29 is 14.3 Å². The van der Waals surface area contributed by atoms with Crippen LogP contribution in [0.1, 0.15) is 28.9 Å². The molecule has 30 heavy (non-hydrogen) atoms. The molecule has 1 aromatic heterocycles. The number of esters is 1. The molecule has 3 aromatic carbocycles.